The Morgan fingerprint density at radius 3 is 2.12 bits per heavy atom. The number of ketones is 1. The molecule has 1 aliphatic carbocycles. The monoisotopic (exact) mass is 381 g/mol. The number of aliphatic hydroxyl groups is 2. The first-order chi connectivity index (χ1) is 11.1. The van der Waals surface area contributed by atoms with Gasteiger partial charge in [-0.05, 0) is 6.08 Å². The summed E-state index contributed by atoms with van der Waals surface area (Å²) >= 11 is 0. The van der Waals surface area contributed by atoms with Gasteiger partial charge in [-0.15, -0.1) is 0 Å². The number of carbonyl (C=O) groups is 1. The van der Waals surface area contributed by atoms with Crippen LogP contribution < -0.4 is 0 Å². The van der Waals surface area contributed by atoms with Crippen molar-refractivity contribution in [2.24, 2.45) is 5.92 Å². The molecule has 2 rings (SSSR count). The number of carbonyl (C=O) groups excluding carboxylic acids is 1. The number of hydrogen-bond acceptors (Lipinski definition) is 7. The van der Waals surface area contributed by atoms with Crippen molar-refractivity contribution in [2.75, 3.05) is 14.2 Å². The van der Waals surface area contributed by atoms with E-state index in [0.29, 0.717) is 0 Å². The van der Waals surface area contributed by atoms with Gasteiger partial charge in [0.1, 0.15) is 4.91 Å². The Balaban J connectivity index is 0.00000312. The molecule has 0 saturated carbocycles. The summed E-state index contributed by atoms with van der Waals surface area (Å²) in [7, 11) is -2.66. The second-order valence-corrected chi connectivity index (χ2v) is 6.82. The van der Waals surface area contributed by atoms with Crippen LogP contribution in [-0.4, -0.2) is 84.3 Å². The molecule has 1 aromatic rings. The normalized spacial score (nSPS) is 21.8. The van der Waals surface area contributed by atoms with Crippen LogP contribution in [0.2, 0.25) is 0 Å². The fourth-order valence-corrected chi connectivity index (χ4v) is 3.67. The van der Waals surface area contributed by atoms with E-state index in [9.17, 15) is 28.0 Å². The van der Waals surface area contributed by atoms with Crippen molar-refractivity contribution in [3.8, 4) is 0 Å². The average molecular weight is 381 g/mol. The zero-order chi connectivity index (χ0) is 18.2. The predicted octanol–water partition coefficient (Wildman–Crippen LogP) is -0.0499. The minimum atomic E-state index is -4.82. The molecule has 0 saturated heterocycles. The van der Waals surface area contributed by atoms with Crippen molar-refractivity contribution < 1.29 is 37.5 Å². The van der Waals surface area contributed by atoms with E-state index in [1.807, 2.05) is 0 Å². The molecule has 8 nitrogen and oxygen atoms in total. The summed E-state index contributed by atoms with van der Waals surface area (Å²) in [6.45, 7) is 0. The second-order valence-electron chi connectivity index (χ2n) is 5.43. The molecule has 1 aromatic carbocycles. The average Bonchev–Trinajstić information content (AvgIpc) is 2.52. The van der Waals surface area contributed by atoms with Crippen LogP contribution in [0.5, 0.6) is 0 Å². The van der Waals surface area contributed by atoms with Gasteiger partial charge in [0, 0.05) is 49.3 Å². The summed E-state index contributed by atoms with van der Waals surface area (Å²) in [5.41, 5.74) is 0.156. The summed E-state index contributed by atoms with van der Waals surface area (Å²) < 4.78 is 42.8. The van der Waals surface area contributed by atoms with Gasteiger partial charge in [0.25, 0.3) is 10.1 Å². The SMILES string of the molecule is COC1(OC)CC(O)(O)C(C(=O)c2ccccc2)C=C1S(=O)(=O)O.[Na]. The molecule has 0 spiro atoms. The van der Waals surface area contributed by atoms with Gasteiger partial charge in [0.05, 0.1) is 12.3 Å². The van der Waals surface area contributed by atoms with Gasteiger partial charge >= 0.3 is 0 Å². The predicted molar refractivity (Wildman–Crippen MR) is 88.2 cm³/mol. The Labute approximate surface area is 167 Å². The summed E-state index contributed by atoms with van der Waals surface area (Å²) in [5.74, 6) is -7.12. The van der Waals surface area contributed by atoms with Gasteiger partial charge in [-0.2, -0.15) is 8.42 Å². The molecule has 25 heavy (non-hydrogen) atoms. The van der Waals surface area contributed by atoms with Crippen LogP contribution in [-0.2, 0) is 19.6 Å². The maximum atomic E-state index is 12.6. The van der Waals surface area contributed by atoms with Crippen molar-refractivity contribution in [1.82, 2.24) is 0 Å². The Hall–Kier alpha value is -0.620. The molecule has 1 radical (unpaired) electrons. The third-order valence-corrected chi connectivity index (χ3v) is 4.97. The van der Waals surface area contributed by atoms with E-state index in [-0.39, 0.29) is 35.1 Å². The fraction of sp³-hybridized carbons (Fsp3) is 0.400. The van der Waals surface area contributed by atoms with Crippen molar-refractivity contribution in [1.29, 1.82) is 0 Å². The minimum Gasteiger partial charge on any atom is -0.365 e. The molecule has 133 valence electrons. The molecule has 0 fully saturated rings. The van der Waals surface area contributed by atoms with Crippen LogP contribution in [0, 0.1) is 5.92 Å². The quantitative estimate of drug-likeness (QED) is 0.280. The summed E-state index contributed by atoms with van der Waals surface area (Å²) in [6, 6.07) is 7.73. The molecule has 1 atom stereocenters. The van der Waals surface area contributed by atoms with Gasteiger partial charge in [0.15, 0.2) is 11.6 Å². The maximum absolute atomic E-state index is 12.6. The Bertz CT molecular complexity index is 753. The molecular formula is C15H18NaO8S. The topological polar surface area (TPSA) is 130 Å². The van der Waals surface area contributed by atoms with E-state index < -0.39 is 44.7 Å². The van der Waals surface area contributed by atoms with Gasteiger partial charge in [0.2, 0.25) is 5.79 Å². The number of Topliss-reactive ketones (excluding diaryl/α,β-unsaturated/α-hetero) is 1. The first kappa shape index (κ1) is 22.4. The largest absolute Gasteiger partial charge is 0.365 e. The first-order valence-electron chi connectivity index (χ1n) is 6.91. The van der Waals surface area contributed by atoms with Crippen molar-refractivity contribution >= 4 is 45.5 Å². The smallest absolute Gasteiger partial charge is 0.295 e. The minimum absolute atomic E-state index is 0. The van der Waals surface area contributed by atoms with Crippen molar-refractivity contribution in [3.05, 3.63) is 46.9 Å². The van der Waals surface area contributed by atoms with Crippen molar-refractivity contribution in [2.45, 2.75) is 18.0 Å². The summed E-state index contributed by atoms with van der Waals surface area (Å²) in [5, 5.41) is 20.6. The molecular weight excluding hydrogens is 363 g/mol. The van der Waals surface area contributed by atoms with Gasteiger partial charge < -0.3 is 19.7 Å². The van der Waals surface area contributed by atoms with Crippen LogP contribution in [0.1, 0.15) is 16.8 Å². The summed E-state index contributed by atoms with van der Waals surface area (Å²) in [4.78, 5) is 11.8. The maximum Gasteiger partial charge on any atom is 0.295 e. The van der Waals surface area contributed by atoms with Crippen LogP contribution >= 0.6 is 0 Å². The third-order valence-electron chi connectivity index (χ3n) is 3.96. The molecule has 1 aliphatic rings. The van der Waals surface area contributed by atoms with Crippen LogP contribution in [0.25, 0.3) is 0 Å². The standard InChI is InChI=1S/C15H18O8S.Na/c1-22-15(23-2)9-14(17,18)11(8-12(15)24(19,20)21)13(16)10-6-4-3-5-7-10;/h3-8,11,17-18H,9H2,1-2H3,(H,19,20,21);. The molecule has 1 unspecified atom stereocenters. The molecule has 0 aliphatic heterocycles. The molecule has 0 bridgehead atoms. The number of rotatable bonds is 5. The van der Waals surface area contributed by atoms with Crippen LogP contribution in [0.4, 0.5) is 0 Å². The number of ether oxygens (including phenoxy) is 2. The van der Waals surface area contributed by atoms with E-state index >= 15 is 0 Å². The zero-order valence-electron chi connectivity index (χ0n) is 14.0. The molecule has 0 aromatic heterocycles. The molecule has 10 heteroatoms. The Kier molecular flexibility index (Phi) is 7.13. The first-order valence-corrected chi connectivity index (χ1v) is 8.35. The van der Waals surface area contributed by atoms with E-state index in [2.05, 4.69) is 0 Å². The molecule has 0 heterocycles. The van der Waals surface area contributed by atoms with E-state index in [0.717, 1.165) is 20.3 Å². The van der Waals surface area contributed by atoms with Gasteiger partial charge in [-0.25, -0.2) is 0 Å². The van der Waals surface area contributed by atoms with Crippen LogP contribution in [0.3, 0.4) is 0 Å². The number of methoxy groups -OCH3 is 2. The zero-order valence-corrected chi connectivity index (χ0v) is 16.9. The van der Waals surface area contributed by atoms with Crippen LogP contribution in [0.15, 0.2) is 41.3 Å². The van der Waals surface area contributed by atoms with Crippen molar-refractivity contribution in [3.63, 3.8) is 0 Å². The number of hydrogen-bond donors (Lipinski definition) is 3. The van der Waals surface area contributed by atoms with E-state index in [1.165, 1.54) is 12.1 Å². The van der Waals surface area contributed by atoms with E-state index in [1.54, 1.807) is 18.2 Å². The second kappa shape index (κ2) is 7.95. The Morgan fingerprint density at radius 2 is 1.68 bits per heavy atom. The van der Waals surface area contributed by atoms with E-state index in [4.69, 9.17) is 9.47 Å². The third kappa shape index (κ3) is 4.38. The molecule has 0 amide bonds. The fourth-order valence-electron chi connectivity index (χ4n) is 2.73. The number of benzene rings is 1. The van der Waals surface area contributed by atoms with Gasteiger partial charge in [-0.3, -0.25) is 9.35 Å². The molecule has 3 N–H and O–H groups in total. The Morgan fingerprint density at radius 1 is 1.16 bits per heavy atom. The van der Waals surface area contributed by atoms with Gasteiger partial charge in [-0.1, -0.05) is 30.3 Å². The summed E-state index contributed by atoms with van der Waals surface area (Å²) in [6.07, 6.45) is -0.0387.